The molecule has 2 rings (SSSR count). The molecule has 0 atom stereocenters. The predicted molar refractivity (Wildman–Crippen MR) is 77.6 cm³/mol. The topological polar surface area (TPSA) is 38.3 Å². The zero-order valence-corrected chi connectivity index (χ0v) is 12.3. The summed E-state index contributed by atoms with van der Waals surface area (Å²) in [7, 11) is 0. The monoisotopic (exact) mass is 329 g/mol. The molecular formula is C15H14F3NO2S. The van der Waals surface area contributed by atoms with Crippen LogP contribution < -0.4 is 5.32 Å². The van der Waals surface area contributed by atoms with Gasteiger partial charge < -0.3 is 10.1 Å². The van der Waals surface area contributed by atoms with Gasteiger partial charge in [-0.1, -0.05) is 24.3 Å². The maximum Gasteiger partial charge on any atom is 0.411 e. The van der Waals surface area contributed by atoms with Gasteiger partial charge in [0, 0.05) is 17.5 Å². The molecule has 0 aliphatic rings. The van der Waals surface area contributed by atoms with E-state index in [1.807, 2.05) is 5.38 Å². The smallest absolute Gasteiger partial charge is 0.367 e. The molecule has 0 saturated heterocycles. The lowest BCUT2D eigenvalue weighted by Crippen LogP contribution is -2.22. The Bertz CT molecular complexity index is 594. The third-order valence-electron chi connectivity index (χ3n) is 2.79. The zero-order chi connectivity index (χ0) is 16.0. The number of ether oxygens (including phenoxy) is 1. The quantitative estimate of drug-likeness (QED) is 0.876. The van der Waals surface area contributed by atoms with Gasteiger partial charge in [0.05, 0.1) is 6.61 Å². The van der Waals surface area contributed by atoms with Gasteiger partial charge in [-0.2, -0.15) is 24.5 Å². The molecule has 0 fully saturated rings. The minimum Gasteiger partial charge on any atom is -0.367 e. The van der Waals surface area contributed by atoms with Gasteiger partial charge >= 0.3 is 6.18 Å². The van der Waals surface area contributed by atoms with Gasteiger partial charge in [0.15, 0.2) is 0 Å². The number of amides is 1. The van der Waals surface area contributed by atoms with Crippen molar-refractivity contribution >= 4 is 17.2 Å². The van der Waals surface area contributed by atoms with Gasteiger partial charge in [-0.3, -0.25) is 4.79 Å². The Morgan fingerprint density at radius 1 is 1.14 bits per heavy atom. The van der Waals surface area contributed by atoms with Crippen LogP contribution in [-0.4, -0.2) is 18.7 Å². The molecule has 0 aliphatic carbocycles. The lowest BCUT2D eigenvalue weighted by Gasteiger charge is -2.08. The fourth-order valence-electron chi connectivity index (χ4n) is 1.72. The van der Waals surface area contributed by atoms with E-state index in [1.165, 1.54) is 11.3 Å². The summed E-state index contributed by atoms with van der Waals surface area (Å²) in [6.07, 6.45) is -4.31. The van der Waals surface area contributed by atoms with Crippen LogP contribution in [0.3, 0.4) is 0 Å². The summed E-state index contributed by atoms with van der Waals surface area (Å²) in [6.45, 7) is -0.995. The van der Waals surface area contributed by atoms with Crippen molar-refractivity contribution in [1.82, 2.24) is 5.32 Å². The van der Waals surface area contributed by atoms with Crippen LogP contribution >= 0.6 is 11.3 Å². The number of thiophene rings is 1. The average Bonchev–Trinajstić information content (AvgIpc) is 2.99. The second kappa shape index (κ2) is 7.42. The maximum atomic E-state index is 12.0. The van der Waals surface area contributed by atoms with E-state index in [1.54, 1.807) is 35.7 Å². The van der Waals surface area contributed by atoms with E-state index in [9.17, 15) is 18.0 Å². The summed E-state index contributed by atoms with van der Waals surface area (Å²) in [5.74, 6) is -0.154. The molecule has 7 heteroatoms. The fourth-order valence-corrected chi connectivity index (χ4v) is 2.35. The SMILES string of the molecule is O=C(NCc1ccc(COCC(F)(F)F)cc1)c1ccsc1. The third-order valence-corrected chi connectivity index (χ3v) is 3.48. The number of carbonyl (C=O) groups excluding carboxylic acids is 1. The van der Waals surface area contributed by atoms with Crippen LogP contribution in [0, 0.1) is 0 Å². The molecule has 1 N–H and O–H groups in total. The molecule has 0 unspecified atom stereocenters. The highest BCUT2D eigenvalue weighted by Gasteiger charge is 2.27. The van der Waals surface area contributed by atoms with Crippen molar-refractivity contribution in [1.29, 1.82) is 0 Å². The van der Waals surface area contributed by atoms with Crippen LogP contribution in [-0.2, 0) is 17.9 Å². The summed E-state index contributed by atoms with van der Waals surface area (Å²) in [6, 6.07) is 8.60. The summed E-state index contributed by atoms with van der Waals surface area (Å²) in [5.41, 5.74) is 2.13. The first-order valence-electron chi connectivity index (χ1n) is 6.47. The molecule has 0 aliphatic heterocycles. The van der Waals surface area contributed by atoms with Gasteiger partial charge in [-0.05, 0) is 22.6 Å². The van der Waals surface area contributed by atoms with Crippen LogP contribution in [0.5, 0.6) is 0 Å². The Balaban J connectivity index is 1.78. The van der Waals surface area contributed by atoms with Crippen molar-refractivity contribution in [2.75, 3.05) is 6.61 Å². The Labute approximate surface area is 129 Å². The van der Waals surface area contributed by atoms with Gasteiger partial charge in [-0.15, -0.1) is 0 Å². The number of benzene rings is 1. The molecule has 22 heavy (non-hydrogen) atoms. The number of carbonyl (C=O) groups is 1. The van der Waals surface area contributed by atoms with Gasteiger partial charge in [0.2, 0.25) is 0 Å². The second-order valence-corrected chi connectivity index (χ2v) is 5.40. The van der Waals surface area contributed by atoms with Crippen molar-refractivity contribution in [3.8, 4) is 0 Å². The molecule has 0 bridgehead atoms. The molecule has 1 amide bonds. The molecule has 1 aromatic heterocycles. The third kappa shape index (κ3) is 5.50. The van der Waals surface area contributed by atoms with Gasteiger partial charge in [-0.25, -0.2) is 0 Å². The molecule has 118 valence electrons. The van der Waals surface area contributed by atoms with E-state index in [4.69, 9.17) is 0 Å². The van der Waals surface area contributed by atoms with E-state index >= 15 is 0 Å². The number of rotatable bonds is 6. The van der Waals surface area contributed by atoms with Crippen molar-refractivity contribution in [3.63, 3.8) is 0 Å². The summed E-state index contributed by atoms with van der Waals surface area (Å²) in [4.78, 5) is 11.8. The standard InChI is InChI=1S/C15H14F3NO2S/c16-15(17,18)10-21-8-12-3-1-11(2-4-12)7-19-14(20)13-5-6-22-9-13/h1-6,9H,7-8,10H2,(H,19,20). The molecule has 3 nitrogen and oxygen atoms in total. The zero-order valence-electron chi connectivity index (χ0n) is 11.5. The Kier molecular flexibility index (Phi) is 5.57. The Morgan fingerprint density at radius 2 is 1.82 bits per heavy atom. The van der Waals surface area contributed by atoms with E-state index in [-0.39, 0.29) is 12.5 Å². The molecule has 1 heterocycles. The first-order chi connectivity index (χ1) is 10.4. The largest absolute Gasteiger partial charge is 0.411 e. The first-order valence-corrected chi connectivity index (χ1v) is 7.41. The van der Waals surface area contributed by atoms with Crippen LogP contribution in [0.15, 0.2) is 41.1 Å². The second-order valence-electron chi connectivity index (χ2n) is 4.62. The highest BCUT2D eigenvalue weighted by Crippen LogP contribution is 2.16. The minimum atomic E-state index is -4.31. The Hall–Kier alpha value is -1.86. The average molecular weight is 329 g/mol. The number of hydrogen-bond donors (Lipinski definition) is 1. The number of hydrogen-bond acceptors (Lipinski definition) is 3. The summed E-state index contributed by atoms with van der Waals surface area (Å²) < 4.78 is 40.4. The van der Waals surface area contributed by atoms with Crippen LogP contribution in [0.2, 0.25) is 0 Å². The highest BCUT2D eigenvalue weighted by atomic mass is 32.1. The van der Waals surface area contributed by atoms with Crippen molar-refractivity contribution in [3.05, 3.63) is 57.8 Å². The molecule has 1 aromatic carbocycles. The van der Waals surface area contributed by atoms with E-state index in [0.717, 1.165) is 5.56 Å². The molecule has 0 spiro atoms. The van der Waals surface area contributed by atoms with E-state index in [0.29, 0.717) is 17.7 Å². The summed E-state index contributed by atoms with van der Waals surface area (Å²) in [5, 5.41) is 6.36. The highest BCUT2D eigenvalue weighted by molar-refractivity contribution is 7.08. The van der Waals surface area contributed by atoms with E-state index < -0.39 is 12.8 Å². The van der Waals surface area contributed by atoms with Crippen LogP contribution in [0.25, 0.3) is 0 Å². The van der Waals surface area contributed by atoms with Gasteiger partial charge in [0.1, 0.15) is 6.61 Å². The number of halogens is 3. The predicted octanol–water partition coefficient (Wildman–Crippen LogP) is 3.76. The fraction of sp³-hybridized carbons (Fsp3) is 0.267. The lowest BCUT2D eigenvalue weighted by atomic mass is 10.1. The Morgan fingerprint density at radius 3 is 2.41 bits per heavy atom. The normalized spacial score (nSPS) is 11.4. The lowest BCUT2D eigenvalue weighted by molar-refractivity contribution is -0.176. The minimum absolute atomic E-state index is 0.0962. The van der Waals surface area contributed by atoms with Crippen LogP contribution in [0.4, 0.5) is 13.2 Å². The van der Waals surface area contributed by atoms with Crippen molar-refractivity contribution in [2.45, 2.75) is 19.3 Å². The molecule has 0 radical (unpaired) electrons. The van der Waals surface area contributed by atoms with Crippen molar-refractivity contribution in [2.24, 2.45) is 0 Å². The van der Waals surface area contributed by atoms with E-state index in [2.05, 4.69) is 10.1 Å². The first kappa shape index (κ1) is 16.5. The molecule has 0 saturated carbocycles. The maximum absolute atomic E-state index is 12.0. The van der Waals surface area contributed by atoms with Crippen molar-refractivity contribution < 1.29 is 22.7 Å². The molecular weight excluding hydrogens is 315 g/mol. The number of nitrogens with one attached hydrogen (secondary N) is 1. The van der Waals surface area contributed by atoms with Crippen LogP contribution in [0.1, 0.15) is 21.5 Å². The number of alkyl halides is 3. The summed E-state index contributed by atoms with van der Waals surface area (Å²) >= 11 is 1.45. The molecule has 2 aromatic rings. The van der Waals surface area contributed by atoms with Gasteiger partial charge in [0.25, 0.3) is 5.91 Å².